The molecule has 2 rings (SSSR count). The largest absolute Gasteiger partial charge is 0.496 e. The first-order valence-electron chi connectivity index (χ1n) is 8.03. The molecule has 22 heavy (non-hydrogen) atoms. The Bertz CT molecular complexity index is 487. The molecule has 1 aromatic carbocycles. The molecule has 122 valence electrons. The summed E-state index contributed by atoms with van der Waals surface area (Å²) in [6.07, 6.45) is 4.50. The molecular weight excluding hydrogens is 278 g/mol. The summed E-state index contributed by atoms with van der Waals surface area (Å²) < 4.78 is 5.33. The van der Waals surface area contributed by atoms with Crippen LogP contribution in [-0.4, -0.2) is 43.1 Å². The van der Waals surface area contributed by atoms with E-state index in [1.807, 2.05) is 29.2 Å². The molecule has 0 bridgehead atoms. The number of hydrogen-bond donors (Lipinski definition) is 2. The van der Waals surface area contributed by atoms with Crippen molar-refractivity contribution in [2.45, 2.75) is 44.2 Å². The second kappa shape index (κ2) is 8.15. The van der Waals surface area contributed by atoms with Crippen LogP contribution in [0.2, 0.25) is 0 Å². The van der Waals surface area contributed by atoms with Crippen molar-refractivity contribution in [3.63, 3.8) is 0 Å². The molecule has 4 N–H and O–H groups in total. The number of amides is 1. The van der Waals surface area contributed by atoms with E-state index >= 15 is 0 Å². The zero-order valence-electron chi connectivity index (χ0n) is 13.3. The molecule has 1 heterocycles. The second-order valence-electron chi connectivity index (χ2n) is 6.00. The summed E-state index contributed by atoms with van der Waals surface area (Å²) >= 11 is 0. The van der Waals surface area contributed by atoms with Gasteiger partial charge in [0.15, 0.2) is 0 Å². The van der Waals surface area contributed by atoms with E-state index in [4.69, 9.17) is 16.2 Å². The zero-order chi connectivity index (χ0) is 15.9. The van der Waals surface area contributed by atoms with Gasteiger partial charge in [0, 0.05) is 19.1 Å². The number of ether oxygens (including phenoxy) is 1. The molecule has 0 spiro atoms. The molecule has 0 radical (unpaired) electrons. The zero-order valence-corrected chi connectivity index (χ0v) is 13.3. The van der Waals surface area contributed by atoms with Gasteiger partial charge in [0.05, 0.1) is 13.2 Å². The predicted octanol–water partition coefficient (Wildman–Crippen LogP) is 1.29. The highest BCUT2D eigenvalue weighted by Crippen LogP contribution is 2.19. The number of carbonyl (C=O) groups excluding carboxylic acids is 1. The number of nitrogens with two attached hydrogens (primary N) is 2. The lowest BCUT2D eigenvalue weighted by Gasteiger charge is -2.30. The van der Waals surface area contributed by atoms with Gasteiger partial charge < -0.3 is 21.1 Å². The Kier molecular flexibility index (Phi) is 6.21. The average Bonchev–Trinajstić information content (AvgIpc) is 2.55. The molecule has 5 heteroatoms. The van der Waals surface area contributed by atoms with E-state index in [2.05, 4.69) is 0 Å². The Labute approximate surface area is 132 Å². The Morgan fingerprint density at radius 2 is 1.91 bits per heavy atom. The molecule has 2 atom stereocenters. The van der Waals surface area contributed by atoms with Crippen LogP contribution in [-0.2, 0) is 11.2 Å². The maximum Gasteiger partial charge on any atom is 0.239 e. The first-order valence-corrected chi connectivity index (χ1v) is 8.03. The molecule has 0 aromatic heterocycles. The SMILES string of the molecule is COc1ccccc1CC(N)C[C@H](N)C(=O)N1CCCCC1. The van der Waals surface area contributed by atoms with Crippen LogP contribution in [0.4, 0.5) is 0 Å². The number of carbonyl (C=O) groups is 1. The van der Waals surface area contributed by atoms with E-state index < -0.39 is 6.04 Å². The van der Waals surface area contributed by atoms with Crippen LogP contribution in [0, 0.1) is 0 Å². The minimum Gasteiger partial charge on any atom is -0.496 e. The topological polar surface area (TPSA) is 81.6 Å². The van der Waals surface area contributed by atoms with Crippen molar-refractivity contribution in [3.05, 3.63) is 29.8 Å². The van der Waals surface area contributed by atoms with Crippen molar-refractivity contribution < 1.29 is 9.53 Å². The highest BCUT2D eigenvalue weighted by molar-refractivity contribution is 5.81. The summed E-state index contributed by atoms with van der Waals surface area (Å²) in [4.78, 5) is 14.2. The first kappa shape index (κ1) is 16.8. The van der Waals surface area contributed by atoms with E-state index in [0.29, 0.717) is 12.8 Å². The van der Waals surface area contributed by atoms with Gasteiger partial charge in [-0.3, -0.25) is 4.79 Å². The summed E-state index contributed by atoms with van der Waals surface area (Å²) in [6.45, 7) is 1.66. The maximum absolute atomic E-state index is 12.3. The van der Waals surface area contributed by atoms with Gasteiger partial charge in [0.2, 0.25) is 5.91 Å². The van der Waals surface area contributed by atoms with Gasteiger partial charge in [0.25, 0.3) is 0 Å². The van der Waals surface area contributed by atoms with E-state index in [9.17, 15) is 4.79 Å². The fourth-order valence-electron chi connectivity index (χ4n) is 3.01. The standard InChI is InChI=1S/C17H27N3O2/c1-22-16-8-4-3-7-13(16)11-14(18)12-15(19)17(21)20-9-5-2-6-10-20/h3-4,7-8,14-15H,2,5-6,9-12,18-19H2,1H3/t14?,15-/m0/s1. The third kappa shape index (κ3) is 4.45. The highest BCUT2D eigenvalue weighted by atomic mass is 16.5. The number of rotatable bonds is 6. The first-order chi connectivity index (χ1) is 10.6. The highest BCUT2D eigenvalue weighted by Gasteiger charge is 2.24. The fourth-order valence-corrected chi connectivity index (χ4v) is 3.01. The molecule has 5 nitrogen and oxygen atoms in total. The molecule has 1 aromatic rings. The quantitative estimate of drug-likeness (QED) is 0.830. The Balaban J connectivity index is 1.87. The van der Waals surface area contributed by atoms with Crippen LogP contribution in [0.25, 0.3) is 0 Å². The third-order valence-corrected chi connectivity index (χ3v) is 4.22. The third-order valence-electron chi connectivity index (χ3n) is 4.22. The van der Waals surface area contributed by atoms with Crippen molar-refractivity contribution in [3.8, 4) is 5.75 Å². The van der Waals surface area contributed by atoms with Crippen molar-refractivity contribution in [1.29, 1.82) is 0 Å². The van der Waals surface area contributed by atoms with Gasteiger partial charge in [0.1, 0.15) is 5.75 Å². The lowest BCUT2D eigenvalue weighted by Crippen LogP contribution is -2.48. The summed E-state index contributed by atoms with van der Waals surface area (Å²) in [7, 11) is 1.65. The van der Waals surface area contributed by atoms with Crippen LogP contribution in [0.15, 0.2) is 24.3 Å². The van der Waals surface area contributed by atoms with Crippen molar-refractivity contribution in [2.24, 2.45) is 11.5 Å². The normalized spacial score (nSPS) is 17.9. The number of piperidine rings is 1. The maximum atomic E-state index is 12.3. The Morgan fingerprint density at radius 1 is 1.23 bits per heavy atom. The van der Waals surface area contributed by atoms with Gasteiger partial charge in [-0.2, -0.15) is 0 Å². The monoisotopic (exact) mass is 305 g/mol. The summed E-state index contributed by atoms with van der Waals surface area (Å²) in [6, 6.07) is 7.14. The smallest absolute Gasteiger partial charge is 0.239 e. The summed E-state index contributed by atoms with van der Waals surface area (Å²) in [5.41, 5.74) is 13.3. The molecule has 0 saturated carbocycles. The predicted molar refractivity (Wildman–Crippen MR) is 87.7 cm³/mol. The molecule has 1 amide bonds. The van der Waals surface area contributed by atoms with Gasteiger partial charge in [-0.25, -0.2) is 0 Å². The van der Waals surface area contributed by atoms with Gasteiger partial charge in [-0.1, -0.05) is 18.2 Å². The number of nitrogens with zero attached hydrogens (tertiary/aromatic N) is 1. The van der Waals surface area contributed by atoms with E-state index in [1.165, 1.54) is 6.42 Å². The van der Waals surface area contributed by atoms with Crippen molar-refractivity contribution in [1.82, 2.24) is 4.90 Å². The molecule has 1 aliphatic heterocycles. The van der Waals surface area contributed by atoms with E-state index in [-0.39, 0.29) is 11.9 Å². The van der Waals surface area contributed by atoms with Crippen LogP contribution >= 0.6 is 0 Å². The molecule has 1 fully saturated rings. The Morgan fingerprint density at radius 3 is 2.59 bits per heavy atom. The number of methoxy groups -OCH3 is 1. The van der Waals surface area contributed by atoms with Crippen LogP contribution in [0.5, 0.6) is 5.75 Å². The summed E-state index contributed by atoms with van der Waals surface area (Å²) in [5.74, 6) is 0.865. The van der Waals surface area contributed by atoms with Crippen molar-refractivity contribution >= 4 is 5.91 Å². The molecule has 0 aliphatic carbocycles. The molecular formula is C17H27N3O2. The minimum atomic E-state index is -0.511. The number of hydrogen-bond acceptors (Lipinski definition) is 4. The number of para-hydroxylation sites is 1. The summed E-state index contributed by atoms with van der Waals surface area (Å²) in [5, 5.41) is 0. The minimum absolute atomic E-state index is 0.0372. The lowest BCUT2D eigenvalue weighted by atomic mass is 9.98. The van der Waals surface area contributed by atoms with Gasteiger partial charge >= 0.3 is 0 Å². The molecule has 1 saturated heterocycles. The Hall–Kier alpha value is -1.59. The van der Waals surface area contributed by atoms with Gasteiger partial charge in [-0.05, 0) is 43.7 Å². The number of likely N-dealkylation sites (tertiary alicyclic amines) is 1. The van der Waals surface area contributed by atoms with Crippen LogP contribution < -0.4 is 16.2 Å². The lowest BCUT2D eigenvalue weighted by molar-refractivity contribution is -0.133. The van der Waals surface area contributed by atoms with Crippen LogP contribution in [0.3, 0.4) is 0 Å². The second-order valence-corrected chi connectivity index (χ2v) is 6.00. The van der Waals surface area contributed by atoms with Gasteiger partial charge in [-0.15, -0.1) is 0 Å². The van der Waals surface area contributed by atoms with E-state index in [0.717, 1.165) is 37.2 Å². The van der Waals surface area contributed by atoms with Crippen molar-refractivity contribution in [2.75, 3.05) is 20.2 Å². The molecule has 1 aliphatic rings. The van der Waals surface area contributed by atoms with Crippen LogP contribution in [0.1, 0.15) is 31.2 Å². The average molecular weight is 305 g/mol. The fraction of sp³-hybridized carbons (Fsp3) is 0.588. The molecule has 1 unspecified atom stereocenters. The number of benzene rings is 1. The van der Waals surface area contributed by atoms with E-state index in [1.54, 1.807) is 7.11 Å².